The largest absolute Gasteiger partial charge is 0.465 e. The van der Waals surface area contributed by atoms with Gasteiger partial charge >= 0.3 is 5.97 Å². The molecule has 0 spiro atoms. The number of alkyl halides is 1. The molecule has 0 radical (unpaired) electrons. The summed E-state index contributed by atoms with van der Waals surface area (Å²) in [6.07, 6.45) is 0. The van der Waals surface area contributed by atoms with Gasteiger partial charge in [0.1, 0.15) is 0 Å². The summed E-state index contributed by atoms with van der Waals surface area (Å²) < 4.78 is 4.58. The van der Waals surface area contributed by atoms with Crippen molar-refractivity contribution in [1.82, 2.24) is 0 Å². The number of rotatable bonds is 2. The highest BCUT2D eigenvalue weighted by atomic mass is 35.5. The van der Waals surface area contributed by atoms with E-state index >= 15 is 0 Å². The normalized spacial score (nSPS) is 9.77. The van der Waals surface area contributed by atoms with Gasteiger partial charge in [0.2, 0.25) is 0 Å². The van der Waals surface area contributed by atoms with E-state index in [2.05, 4.69) is 4.74 Å². The first-order valence-electron chi connectivity index (χ1n) is 3.62. The minimum atomic E-state index is -0.418. The third kappa shape index (κ3) is 2.14. The standard InChI is InChI=1S/C9H8Cl2O2/c1-13-9(12)6-3-2-4-8(11)7(6)5-10/h2-4H,5H2,1H3. The summed E-state index contributed by atoms with van der Waals surface area (Å²) in [4.78, 5) is 11.2. The highest BCUT2D eigenvalue weighted by molar-refractivity contribution is 6.32. The highest BCUT2D eigenvalue weighted by Gasteiger charge is 2.12. The van der Waals surface area contributed by atoms with Gasteiger partial charge in [-0.3, -0.25) is 0 Å². The molecule has 1 aromatic rings. The summed E-state index contributed by atoms with van der Waals surface area (Å²) in [5.74, 6) is -0.220. The van der Waals surface area contributed by atoms with E-state index in [4.69, 9.17) is 23.2 Å². The van der Waals surface area contributed by atoms with Gasteiger partial charge in [-0.15, -0.1) is 11.6 Å². The molecule has 1 rings (SSSR count). The van der Waals surface area contributed by atoms with Crippen molar-refractivity contribution in [2.24, 2.45) is 0 Å². The van der Waals surface area contributed by atoms with Gasteiger partial charge < -0.3 is 4.74 Å². The van der Waals surface area contributed by atoms with Crippen LogP contribution in [0.15, 0.2) is 18.2 Å². The van der Waals surface area contributed by atoms with Crippen LogP contribution < -0.4 is 0 Å². The van der Waals surface area contributed by atoms with E-state index in [9.17, 15) is 4.79 Å². The van der Waals surface area contributed by atoms with Crippen LogP contribution in [0.4, 0.5) is 0 Å². The van der Waals surface area contributed by atoms with Gasteiger partial charge in [0.25, 0.3) is 0 Å². The smallest absolute Gasteiger partial charge is 0.338 e. The Hall–Kier alpha value is -0.730. The Balaban J connectivity index is 3.20. The Morgan fingerprint density at radius 3 is 2.77 bits per heavy atom. The van der Waals surface area contributed by atoms with E-state index in [1.54, 1.807) is 18.2 Å². The maximum Gasteiger partial charge on any atom is 0.338 e. The van der Waals surface area contributed by atoms with E-state index < -0.39 is 5.97 Å². The number of esters is 1. The van der Waals surface area contributed by atoms with Crippen LogP contribution in [0.5, 0.6) is 0 Å². The third-order valence-corrected chi connectivity index (χ3v) is 2.28. The number of hydrogen-bond donors (Lipinski definition) is 0. The second kappa shape index (κ2) is 4.49. The van der Waals surface area contributed by atoms with E-state index in [0.717, 1.165) is 0 Å². The minimum absolute atomic E-state index is 0.199. The fourth-order valence-electron chi connectivity index (χ4n) is 0.996. The molecule has 0 amide bonds. The molecule has 0 aliphatic rings. The molecule has 70 valence electrons. The molecule has 0 bridgehead atoms. The van der Waals surface area contributed by atoms with E-state index in [0.29, 0.717) is 16.1 Å². The lowest BCUT2D eigenvalue weighted by molar-refractivity contribution is 0.0600. The first-order valence-corrected chi connectivity index (χ1v) is 4.53. The Kier molecular flexibility index (Phi) is 3.58. The van der Waals surface area contributed by atoms with Crippen molar-refractivity contribution < 1.29 is 9.53 Å². The van der Waals surface area contributed by atoms with Crippen molar-refractivity contribution in [3.05, 3.63) is 34.3 Å². The molecule has 0 aliphatic heterocycles. The van der Waals surface area contributed by atoms with Crippen molar-refractivity contribution in [3.8, 4) is 0 Å². The highest BCUT2D eigenvalue weighted by Crippen LogP contribution is 2.22. The Morgan fingerprint density at radius 2 is 2.23 bits per heavy atom. The number of halogens is 2. The average molecular weight is 219 g/mol. The van der Waals surface area contributed by atoms with E-state index in [-0.39, 0.29) is 5.88 Å². The lowest BCUT2D eigenvalue weighted by atomic mass is 10.1. The molecule has 0 saturated carbocycles. The molecule has 0 heterocycles. The van der Waals surface area contributed by atoms with Crippen molar-refractivity contribution in [2.75, 3.05) is 7.11 Å². The SMILES string of the molecule is COC(=O)c1cccc(Cl)c1CCl. The number of carbonyl (C=O) groups excluding carboxylic acids is 1. The number of methoxy groups -OCH3 is 1. The Labute approximate surface area is 86.4 Å². The molecule has 2 nitrogen and oxygen atoms in total. The first kappa shape index (κ1) is 10.4. The summed E-state index contributed by atoms with van der Waals surface area (Å²) in [5.41, 5.74) is 1.03. The second-order valence-corrected chi connectivity index (χ2v) is 3.07. The zero-order valence-electron chi connectivity index (χ0n) is 7.01. The molecule has 0 aromatic heterocycles. The van der Waals surface area contributed by atoms with Crippen LogP contribution in [0.2, 0.25) is 5.02 Å². The van der Waals surface area contributed by atoms with Gasteiger partial charge in [0, 0.05) is 10.9 Å². The van der Waals surface area contributed by atoms with Crippen molar-refractivity contribution in [1.29, 1.82) is 0 Å². The summed E-state index contributed by atoms with van der Waals surface area (Å²) in [6, 6.07) is 5.01. The third-order valence-electron chi connectivity index (χ3n) is 1.66. The lowest BCUT2D eigenvalue weighted by Crippen LogP contribution is -2.04. The number of carbonyl (C=O) groups is 1. The molecular formula is C9H8Cl2O2. The number of benzene rings is 1. The predicted molar refractivity (Wildman–Crippen MR) is 52.3 cm³/mol. The summed E-state index contributed by atoms with van der Waals surface area (Å²) in [7, 11) is 1.32. The van der Waals surface area contributed by atoms with Crippen LogP contribution in [0, 0.1) is 0 Å². The topological polar surface area (TPSA) is 26.3 Å². The van der Waals surface area contributed by atoms with Crippen LogP contribution in [-0.4, -0.2) is 13.1 Å². The predicted octanol–water partition coefficient (Wildman–Crippen LogP) is 2.87. The maximum atomic E-state index is 11.2. The molecule has 0 N–H and O–H groups in total. The monoisotopic (exact) mass is 218 g/mol. The van der Waals surface area contributed by atoms with Crippen molar-refractivity contribution in [2.45, 2.75) is 5.88 Å². The Morgan fingerprint density at radius 1 is 1.54 bits per heavy atom. The van der Waals surface area contributed by atoms with Crippen LogP contribution in [0.25, 0.3) is 0 Å². The molecule has 13 heavy (non-hydrogen) atoms. The average Bonchev–Trinajstić information content (AvgIpc) is 2.16. The molecule has 0 saturated heterocycles. The zero-order valence-corrected chi connectivity index (χ0v) is 8.52. The fraction of sp³-hybridized carbons (Fsp3) is 0.222. The van der Waals surface area contributed by atoms with Gasteiger partial charge in [-0.25, -0.2) is 4.79 Å². The van der Waals surface area contributed by atoms with Gasteiger partial charge in [0.15, 0.2) is 0 Å². The minimum Gasteiger partial charge on any atom is -0.465 e. The zero-order chi connectivity index (χ0) is 9.84. The summed E-state index contributed by atoms with van der Waals surface area (Å²) >= 11 is 11.5. The van der Waals surface area contributed by atoms with Crippen LogP contribution in [-0.2, 0) is 10.6 Å². The molecule has 0 fully saturated rings. The fourth-order valence-corrected chi connectivity index (χ4v) is 1.59. The van der Waals surface area contributed by atoms with Gasteiger partial charge in [0.05, 0.1) is 12.7 Å². The first-order chi connectivity index (χ1) is 6.20. The summed E-state index contributed by atoms with van der Waals surface area (Å²) in [6.45, 7) is 0. The molecule has 0 aliphatic carbocycles. The number of hydrogen-bond acceptors (Lipinski definition) is 2. The van der Waals surface area contributed by atoms with Crippen LogP contribution >= 0.6 is 23.2 Å². The quantitative estimate of drug-likeness (QED) is 0.564. The van der Waals surface area contributed by atoms with Crippen molar-refractivity contribution >= 4 is 29.2 Å². The Bertz CT molecular complexity index is 323. The molecule has 4 heteroatoms. The molecular weight excluding hydrogens is 211 g/mol. The maximum absolute atomic E-state index is 11.2. The van der Waals surface area contributed by atoms with Crippen molar-refractivity contribution in [3.63, 3.8) is 0 Å². The van der Waals surface area contributed by atoms with Gasteiger partial charge in [-0.1, -0.05) is 17.7 Å². The van der Waals surface area contributed by atoms with E-state index in [1.807, 2.05) is 0 Å². The molecule has 0 atom stereocenters. The molecule has 1 aromatic carbocycles. The second-order valence-electron chi connectivity index (χ2n) is 2.39. The van der Waals surface area contributed by atoms with Gasteiger partial charge in [-0.2, -0.15) is 0 Å². The van der Waals surface area contributed by atoms with Crippen LogP contribution in [0.1, 0.15) is 15.9 Å². The lowest BCUT2D eigenvalue weighted by Gasteiger charge is -2.05. The van der Waals surface area contributed by atoms with Gasteiger partial charge in [-0.05, 0) is 17.7 Å². The molecule has 0 unspecified atom stereocenters. The van der Waals surface area contributed by atoms with E-state index in [1.165, 1.54) is 7.11 Å². The van der Waals surface area contributed by atoms with Crippen LogP contribution in [0.3, 0.4) is 0 Å². The number of ether oxygens (including phenoxy) is 1. The summed E-state index contributed by atoms with van der Waals surface area (Å²) in [5, 5.41) is 0.484.